The zero-order valence-electron chi connectivity index (χ0n) is 16.0. The van der Waals surface area contributed by atoms with Gasteiger partial charge < -0.3 is 14.2 Å². The van der Waals surface area contributed by atoms with E-state index in [4.69, 9.17) is 15.3 Å². The van der Waals surface area contributed by atoms with Crippen LogP contribution in [0.5, 0.6) is 5.75 Å². The Morgan fingerprint density at radius 3 is 2.34 bits per heavy atom. The average Bonchev–Trinajstić information content (AvgIpc) is 3.10. The predicted molar refractivity (Wildman–Crippen MR) is 108 cm³/mol. The number of nitriles is 2. The second-order valence-electron chi connectivity index (χ2n) is 6.40. The molecule has 0 radical (unpaired) electrons. The first-order valence-corrected chi connectivity index (χ1v) is 9.36. The van der Waals surface area contributed by atoms with Crippen LogP contribution in [0.25, 0.3) is 11.0 Å². The lowest BCUT2D eigenvalue weighted by atomic mass is 10.3. The Kier molecular flexibility index (Phi) is 6.80. The number of fused-ring (bicyclic) bond motifs is 1. The van der Waals surface area contributed by atoms with Gasteiger partial charge in [0.2, 0.25) is 5.91 Å². The molecule has 3 rings (SSSR count). The number of aromatic nitrogens is 2. The number of carbonyl (C=O) groups excluding carboxylic acids is 1. The monoisotopic (exact) mass is 387 g/mol. The Bertz CT molecular complexity index is 1030. The molecule has 2 aromatic carbocycles. The second kappa shape index (κ2) is 9.91. The van der Waals surface area contributed by atoms with Gasteiger partial charge in [-0.15, -0.1) is 0 Å². The van der Waals surface area contributed by atoms with E-state index in [0.717, 1.165) is 16.8 Å². The fourth-order valence-electron chi connectivity index (χ4n) is 3.04. The van der Waals surface area contributed by atoms with Gasteiger partial charge in [-0.1, -0.05) is 30.3 Å². The Morgan fingerprint density at radius 2 is 1.66 bits per heavy atom. The number of amides is 1. The number of para-hydroxylation sites is 3. The fraction of sp³-hybridized carbons (Fsp3) is 0.273. The molecule has 0 saturated heterocycles. The Labute approximate surface area is 169 Å². The second-order valence-corrected chi connectivity index (χ2v) is 6.40. The van der Waals surface area contributed by atoms with Crippen LogP contribution in [-0.2, 0) is 17.9 Å². The molecular weight excluding hydrogens is 366 g/mol. The highest BCUT2D eigenvalue weighted by molar-refractivity contribution is 5.81. The van der Waals surface area contributed by atoms with Crippen molar-refractivity contribution in [1.29, 1.82) is 10.5 Å². The normalized spacial score (nSPS) is 10.3. The van der Waals surface area contributed by atoms with E-state index in [1.165, 1.54) is 0 Å². The van der Waals surface area contributed by atoms with Gasteiger partial charge in [-0.25, -0.2) is 4.98 Å². The molecule has 7 nitrogen and oxygen atoms in total. The molecule has 0 aliphatic rings. The van der Waals surface area contributed by atoms with Gasteiger partial charge >= 0.3 is 0 Å². The highest BCUT2D eigenvalue weighted by atomic mass is 16.5. The third-order valence-electron chi connectivity index (χ3n) is 4.48. The Hall–Kier alpha value is -3.84. The molecule has 29 heavy (non-hydrogen) atoms. The van der Waals surface area contributed by atoms with Crippen molar-refractivity contribution in [3.05, 3.63) is 60.4 Å². The maximum absolute atomic E-state index is 12.9. The molecular formula is C22H21N5O2. The molecule has 0 spiro atoms. The van der Waals surface area contributed by atoms with Crippen molar-refractivity contribution in [2.45, 2.75) is 26.0 Å². The minimum absolute atomic E-state index is 0.0743. The van der Waals surface area contributed by atoms with Crippen LogP contribution in [0.3, 0.4) is 0 Å². The van der Waals surface area contributed by atoms with E-state index in [2.05, 4.69) is 17.1 Å². The molecule has 0 bridgehead atoms. The van der Waals surface area contributed by atoms with Crippen molar-refractivity contribution in [3.63, 3.8) is 0 Å². The fourth-order valence-corrected chi connectivity index (χ4v) is 3.04. The van der Waals surface area contributed by atoms with Crippen molar-refractivity contribution in [3.8, 4) is 17.9 Å². The molecule has 0 unspecified atom stereocenters. The van der Waals surface area contributed by atoms with Gasteiger partial charge in [0.1, 0.15) is 24.7 Å². The van der Waals surface area contributed by atoms with Crippen LogP contribution in [0.15, 0.2) is 54.6 Å². The lowest BCUT2D eigenvalue weighted by Crippen LogP contribution is -2.35. The number of imidazole rings is 1. The van der Waals surface area contributed by atoms with Crippen LogP contribution >= 0.6 is 0 Å². The zero-order valence-corrected chi connectivity index (χ0v) is 16.0. The molecule has 7 heteroatoms. The summed E-state index contributed by atoms with van der Waals surface area (Å²) >= 11 is 0. The van der Waals surface area contributed by atoms with Crippen molar-refractivity contribution < 1.29 is 9.53 Å². The van der Waals surface area contributed by atoms with Crippen LogP contribution in [0.2, 0.25) is 0 Å². The van der Waals surface area contributed by atoms with E-state index < -0.39 is 0 Å². The lowest BCUT2D eigenvalue weighted by molar-refractivity contribution is -0.131. The summed E-state index contributed by atoms with van der Waals surface area (Å²) in [7, 11) is 0. The van der Waals surface area contributed by atoms with Crippen molar-refractivity contribution >= 4 is 16.9 Å². The molecule has 146 valence electrons. The van der Waals surface area contributed by atoms with Crippen LogP contribution in [-0.4, -0.2) is 33.4 Å². The van der Waals surface area contributed by atoms with E-state index in [1.54, 1.807) is 4.90 Å². The van der Waals surface area contributed by atoms with Gasteiger partial charge in [0.05, 0.1) is 36.0 Å². The highest BCUT2D eigenvalue weighted by Crippen LogP contribution is 2.19. The summed E-state index contributed by atoms with van der Waals surface area (Å²) in [4.78, 5) is 19.1. The first-order valence-electron chi connectivity index (χ1n) is 9.36. The smallest absolute Gasteiger partial charge is 0.242 e. The topological polar surface area (TPSA) is 94.9 Å². The number of hydrogen-bond donors (Lipinski definition) is 0. The highest BCUT2D eigenvalue weighted by Gasteiger charge is 2.18. The molecule has 0 saturated carbocycles. The maximum atomic E-state index is 12.9. The number of carbonyl (C=O) groups is 1. The summed E-state index contributed by atoms with van der Waals surface area (Å²) in [5.41, 5.74) is 1.63. The first kappa shape index (κ1) is 19.9. The van der Waals surface area contributed by atoms with Gasteiger partial charge in [0, 0.05) is 13.1 Å². The Morgan fingerprint density at radius 1 is 1.00 bits per heavy atom. The zero-order chi connectivity index (χ0) is 20.5. The third kappa shape index (κ3) is 5.12. The van der Waals surface area contributed by atoms with Gasteiger partial charge in [-0.05, 0) is 24.3 Å². The number of hydrogen-bond acceptors (Lipinski definition) is 5. The van der Waals surface area contributed by atoms with Crippen molar-refractivity contribution in [2.75, 3.05) is 13.1 Å². The molecule has 1 aromatic heterocycles. The summed E-state index contributed by atoms with van der Waals surface area (Å²) < 4.78 is 7.68. The SMILES string of the molecule is N#CCCN(CCC#N)C(=O)Cn1c(COc2ccccc2)nc2ccccc21. The molecule has 0 fully saturated rings. The van der Waals surface area contributed by atoms with Crippen molar-refractivity contribution in [2.24, 2.45) is 0 Å². The van der Waals surface area contributed by atoms with E-state index in [9.17, 15) is 4.79 Å². The molecule has 1 amide bonds. The van der Waals surface area contributed by atoms with Crippen LogP contribution in [0, 0.1) is 22.7 Å². The number of rotatable bonds is 9. The summed E-state index contributed by atoms with van der Waals surface area (Å²) in [6.07, 6.45) is 0.456. The minimum atomic E-state index is -0.153. The third-order valence-corrected chi connectivity index (χ3v) is 4.48. The summed E-state index contributed by atoms with van der Waals surface area (Å²) in [6, 6.07) is 21.1. The average molecular weight is 387 g/mol. The number of ether oxygens (including phenoxy) is 1. The molecule has 0 aliphatic heterocycles. The first-order chi connectivity index (χ1) is 14.2. The van der Waals surface area contributed by atoms with E-state index in [0.29, 0.717) is 18.9 Å². The van der Waals surface area contributed by atoms with Crippen LogP contribution < -0.4 is 4.74 Å². The lowest BCUT2D eigenvalue weighted by Gasteiger charge is -2.21. The molecule has 0 aliphatic carbocycles. The van der Waals surface area contributed by atoms with Crippen LogP contribution in [0.1, 0.15) is 18.7 Å². The predicted octanol–water partition coefficient (Wildman–Crippen LogP) is 3.27. The molecule has 3 aromatic rings. The van der Waals surface area contributed by atoms with Gasteiger partial charge in [-0.3, -0.25) is 4.79 Å². The van der Waals surface area contributed by atoms with E-state index in [1.807, 2.05) is 59.2 Å². The summed E-state index contributed by atoms with van der Waals surface area (Å²) in [5.74, 6) is 1.21. The standard InChI is InChI=1S/C22H21N5O2/c23-12-6-14-26(15-7-13-24)22(28)16-27-20-11-5-4-10-19(20)25-21(27)17-29-18-8-2-1-3-9-18/h1-5,8-11H,6-7,14-17H2. The summed E-state index contributed by atoms with van der Waals surface area (Å²) in [6.45, 7) is 0.909. The largest absolute Gasteiger partial charge is 0.486 e. The molecule has 0 N–H and O–H groups in total. The van der Waals surface area contributed by atoms with Gasteiger partial charge in [-0.2, -0.15) is 10.5 Å². The van der Waals surface area contributed by atoms with Gasteiger partial charge in [0.25, 0.3) is 0 Å². The van der Waals surface area contributed by atoms with E-state index in [-0.39, 0.29) is 31.9 Å². The maximum Gasteiger partial charge on any atom is 0.242 e. The number of nitrogens with zero attached hydrogens (tertiary/aromatic N) is 5. The van der Waals surface area contributed by atoms with Crippen molar-refractivity contribution in [1.82, 2.24) is 14.5 Å². The Balaban J connectivity index is 1.83. The quantitative estimate of drug-likeness (QED) is 0.561. The van der Waals surface area contributed by atoms with E-state index >= 15 is 0 Å². The minimum Gasteiger partial charge on any atom is -0.486 e. The van der Waals surface area contributed by atoms with Gasteiger partial charge in [0.15, 0.2) is 0 Å². The summed E-state index contributed by atoms with van der Waals surface area (Å²) in [5, 5.41) is 17.7. The molecule has 0 atom stereocenters. The van der Waals surface area contributed by atoms with Crippen LogP contribution in [0.4, 0.5) is 0 Å². The number of benzene rings is 2. The molecule has 1 heterocycles.